The normalized spacial score (nSPS) is 14.8. The molecule has 3 rings (SSSR count). The lowest BCUT2D eigenvalue weighted by molar-refractivity contribution is 0.280. The van der Waals surface area contributed by atoms with Gasteiger partial charge in [-0.15, -0.1) is 24.0 Å². The monoisotopic (exact) mass is 516 g/mol. The highest BCUT2D eigenvalue weighted by atomic mass is 127. The number of nitrogens with one attached hydrogen (secondary N) is 1. The van der Waals surface area contributed by atoms with E-state index >= 15 is 0 Å². The molecule has 1 saturated heterocycles. The maximum absolute atomic E-state index is 9.50. The van der Waals surface area contributed by atoms with Crippen molar-refractivity contribution < 1.29 is 5.11 Å². The minimum absolute atomic E-state index is 0. The van der Waals surface area contributed by atoms with Gasteiger partial charge in [-0.25, -0.2) is 9.98 Å². The van der Waals surface area contributed by atoms with E-state index in [1.54, 1.807) is 0 Å². The fourth-order valence-electron chi connectivity index (χ4n) is 3.08. The van der Waals surface area contributed by atoms with Crippen molar-refractivity contribution in [3.05, 3.63) is 41.2 Å². The number of hydrogen-bond donors (Lipinski definition) is 2. The van der Waals surface area contributed by atoms with Crippen molar-refractivity contribution in [2.45, 2.75) is 33.4 Å². The standard InChI is InChI=1S/C19H28N6OS.HI/c1-3-17-22-19(27-23-17)25-11-9-24(10-12-25)18(20-4-2)21-13-15-7-5-6-8-16(15)14-26;/h5-8,26H,3-4,9-14H2,1-2H3,(H,20,21);1H. The van der Waals surface area contributed by atoms with Crippen LogP contribution in [0.1, 0.15) is 30.8 Å². The quantitative estimate of drug-likeness (QED) is 0.349. The van der Waals surface area contributed by atoms with Crippen LogP contribution in [0, 0.1) is 0 Å². The molecule has 1 aliphatic rings. The number of benzene rings is 1. The maximum Gasteiger partial charge on any atom is 0.205 e. The third kappa shape index (κ3) is 5.77. The fraction of sp³-hybridized carbons (Fsp3) is 0.526. The van der Waals surface area contributed by atoms with Gasteiger partial charge in [-0.3, -0.25) is 0 Å². The minimum atomic E-state index is 0. The zero-order valence-corrected chi connectivity index (χ0v) is 19.6. The van der Waals surface area contributed by atoms with Gasteiger partial charge in [-0.05, 0) is 18.1 Å². The van der Waals surface area contributed by atoms with E-state index in [1.165, 1.54) is 11.5 Å². The number of aliphatic imine (C=N–C) groups is 1. The Bertz CT molecular complexity index is 760. The predicted molar refractivity (Wildman–Crippen MR) is 126 cm³/mol. The molecule has 2 N–H and O–H groups in total. The molecule has 0 amide bonds. The molecule has 1 aromatic heterocycles. The molecule has 154 valence electrons. The van der Waals surface area contributed by atoms with Gasteiger partial charge in [-0.2, -0.15) is 4.37 Å². The number of guanidine groups is 1. The largest absolute Gasteiger partial charge is 0.392 e. The molecule has 7 nitrogen and oxygen atoms in total. The van der Waals surface area contributed by atoms with Gasteiger partial charge < -0.3 is 20.2 Å². The van der Waals surface area contributed by atoms with Crippen molar-refractivity contribution in [1.29, 1.82) is 0 Å². The van der Waals surface area contributed by atoms with E-state index in [0.29, 0.717) is 6.54 Å². The van der Waals surface area contributed by atoms with E-state index in [1.807, 2.05) is 24.3 Å². The Hall–Kier alpha value is -1.46. The van der Waals surface area contributed by atoms with Crippen molar-refractivity contribution in [2.75, 3.05) is 37.6 Å². The third-order valence-corrected chi connectivity index (χ3v) is 5.46. The van der Waals surface area contributed by atoms with Crippen molar-refractivity contribution in [1.82, 2.24) is 19.6 Å². The van der Waals surface area contributed by atoms with Crippen LogP contribution in [0.4, 0.5) is 5.13 Å². The lowest BCUT2D eigenvalue weighted by Crippen LogP contribution is -2.52. The Balaban J connectivity index is 0.00000280. The van der Waals surface area contributed by atoms with Crippen LogP contribution in [0.15, 0.2) is 29.3 Å². The molecular weight excluding hydrogens is 487 g/mol. The van der Waals surface area contributed by atoms with E-state index in [2.05, 4.69) is 38.3 Å². The summed E-state index contributed by atoms with van der Waals surface area (Å²) >= 11 is 1.49. The Morgan fingerprint density at radius 2 is 1.89 bits per heavy atom. The number of piperazine rings is 1. The van der Waals surface area contributed by atoms with Gasteiger partial charge in [-0.1, -0.05) is 31.2 Å². The molecule has 0 radical (unpaired) electrons. The van der Waals surface area contributed by atoms with Gasteiger partial charge in [0.2, 0.25) is 5.13 Å². The zero-order valence-electron chi connectivity index (χ0n) is 16.5. The number of aromatic nitrogens is 2. The first-order valence-electron chi connectivity index (χ1n) is 9.53. The highest BCUT2D eigenvalue weighted by molar-refractivity contribution is 14.0. The first-order valence-corrected chi connectivity index (χ1v) is 10.3. The van der Waals surface area contributed by atoms with Gasteiger partial charge in [0.05, 0.1) is 13.2 Å². The number of rotatable bonds is 6. The number of anilines is 1. The average Bonchev–Trinajstić information content (AvgIpc) is 3.21. The molecule has 1 aromatic carbocycles. The summed E-state index contributed by atoms with van der Waals surface area (Å²) in [6.07, 6.45) is 0.878. The Morgan fingerprint density at radius 1 is 1.18 bits per heavy atom. The first-order chi connectivity index (χ1) is 13.2. The van der Waals surface area contributed by atoms with Gasteiger partial charge in [0, 0.05) is 50.7 Å². The van der Waals surface area contributed by atoms with E-state index in [-0.39, 0.29) is 30.6 Å². The van der Waals surface area contributed by atoms with Crippen LogP contribution in [-0.2, 0) is 19.6 Å². The second-order valence-corrected chi connectivity index (χ2v) is 7.15. The van der Waals surface area contributed by atoms with Gasteiger partial charge in [0.25, 0.3) is 0 Å². The summed E-state index contributed by atoms with van der Waals surface area (Å²) in [5, 5.41) is 13.9. The number of aliphatic hydroxyl groups excluding tert-OH is 1. The summed E-state index contributed by atoms with van der Waals surface area (Å²) in [5.74, 6) is 1.85. The molecule has 2 aromatic rings. The molecule has 0 saturated carbocycles. The van der Waals surface area contributed by atoms with Crippen LogP contribution < -0.4 is 10.2 Å². The predicted octanol–water partition coefficient (Wildman–Crippen LogP) is 2.50. The summed E-state index contributed by atoms with van der Waals surface area (Å²) in [6, 6.07) is 7.91. The van der Waals surface area contributed by atoms with E-state index in [4.69, 9.17) is 4.99 Å². The molecule has 0 unspecified atom stereocenters. The SMILES string of the molecule is CCNC(=NCc1ccccc1CO)N1CCN(c2nc(CC)ns2)CC1.I. The number of aryl methyl sites for hydroxylation is 1. The van der Waals surface area contributed by atoms with E-state index in [9.17, 15) is 5.11 Å². The molecular formula is C19H29IN6OS. The first kappa shape index (κ1) is 22.8. The van der Waals surface area contributed by atoms with Crippen LogP contribution >= 0.6 is 35.5 Å². The summed E-state index contributed by atoms with van der Waals surface area (Å²) in [5.41, 5.74) is 2.00. The summed E-state index contributed by atoms with van der Waals surface area (Å²) < 4.78 is 4.39. The molecule has 28 heavy (non-hydrogen) atoms. The second-order valence-electron chi connectivity index (χ2n) is 6.42. The van der Waals surface area contributed by atoms with E-state index in [0.717, 1.165) is 67.2 Å². The molecule has 0 bridgehead atoms. The topological polar surface area (TPSA) is 76.9 Å². The van der Waals surface area contributed by atoms with E-state index < -0.39 is 0 Å². The number of hydrogen-bond acceptors (Lipinski definition) is 6. The van der Waals surface area contributed by atoms with Gasteiger partial charge >= 0.3 is 0 Å². The lowest BCUT2D eigenvalue weighted by Gasteiger charge is -2.36. The smallest absolute Gasteiger partial charge is 0.205 e. The summed E-state index contributed by atoms with van der Waals surface area (Å²) in [7, 11) is 0. The van der Waals surface area contributed by atoms with Crippen LogP contribution in [0.5, 0.6) is 0 Å². The third-order valence-electron chi connectivity index (χ3n) is 4.65. The van der Waals surface area contributed by atoms with Crippen molar-refractivity contribution in [3.63, 3.8) is 0 Å². The number of nitrogens with zero attached hydrogens (tertiary/aromatic N) is 5. The molecule has 1 fully saturated rings. The van der Waals surface area contributed by atoms with Gasteiger partial charge in [0.1, 0.15) is 5.82 Å². The van der Waals surface area contributed by atoms with Crippen LogP contribution in [0.2, 0.25) is 0 Å². The average molecular weight is 516 g/mol. The molecule has 9 heteroatoms. The molecule has 0 aliphatic carbocycles. The zero-order chi connectivity index (χ0) is 19.1. The van der Waals surface area contributed by atoms with Crippen molar-refractivity contribution in [3.8, 4) is 0 Å². The Labute approximate surface area is 188 Å². The van der Waals surface area contributed by atoms with Crippen LogP contribution in [-0.4, -0.2) is 58.0 Å². The minimum Gasteiger partial charge on any atom is -0.392 e. The van der Waals surface area contributed by atoms with Crippen molar-refractivity contribution >= 4 is 46.6 Å². The summed E-state index contributed by atoms with van der Waals surface area (Å²) in [6.45, 7) is 9.23. The highest BCUT2D eigenvalue weighted by Gasteiger charge is 2.22. The number of halogens is 1. The highest BCUT2D eigenvalue weighted by Crippen LogP contribution is 2.19. The Morgan fingerprint density at radius 3 is 2.50 bits per heavy atom. The summed E-state index contributed by atoms with van der Waals surface area (Å²) in [4.78, 5) is 14.0. The van der Waals surface area contributed by atoms with Gasteiger partial charge in [0.15, 0.2) is 5.96 Å². The number of aliphatic hydroxyl groups is 1. The van der Waals surface area contributed by atoms with Crippen molar-refractivity contribution in [2.24, 2.45) is 4.99 Å². The molecule has 2 heterocycles. The Kier molecular flexibility index (Phi) is 9.39. The second kappa shape index (κ2) is 11.5. The molecule has 1 aliphatic heterocycles. The molecule has 0 atom stereocenters. The maximum atomic E-state index is 9.50. The van der Waals surface area contributed by atoms with Crippen LogP contribution in [0.3, 0.4) is 0 Å². The molecule has 0 spiro atoms. The lowest BCUT2D eigenvalue weighted by atomic mass is 10.1. The van der Waals surface area contributed by atoms with Crippen LogP contribution in [0.25, 0.3) is 0 Å². The fourth-order valence-corrected chi connectivity index (χ4v) is 3.88.